The van der Waals surface area contributed by atoms with Crippen molar-refractivity contribution in [3.05, 3.63) is 29.3 Å². The number of nitrogens with one attached hydrogen (secondary N) is 2. The van der Waals surface area contributed by atoms with E-state index >= 15 is 0 Å². The summed E-state index contributed by atoms with van der Waals surface area (Å²) in [5, 5.41) is 6.72. The Bertz CT molecular complexity index is 621. The number of para-hydroxylation sites is 1. The van der Waals surface area contributed by atoms with E-state index in [9.17, 15) is 4.79 Å². The van der Waals surface area contributed by atoms with Crippen molar-refractivity contribution in [2.75, 3.05) is 32.8 Å². The van der Waals surface area contributed by atoms with E-state index in [1.807, 2.05) is 24.3 Å². The minimum absolute atomic E-state index is 0.149. The third-order valence-electron chi connectivity index (χ3n) is 3.97. The van der Waals surface area contributed by atoms with Crippen LogP contribution in [-0.4, -0.2) is 54.8 Å². The number of urea groups is 1. The fraction of sp³-hybridized carbons (Fsp3) is 0.500. The minimum Gasteiger partial charge on any atom is -0.379 e. The number of benzene rings is 1. The molecule has 7 heteroatoms. The smallest absolute Gasteiger partial charge is 0.315 e. The van der Waals surface area contributed by atoms with E-state index < -0.39 is 0 Å². The van der Waals surface area contributed by atoms with Crippen molar-refractivity contribution in [1.82, 2.24) is 20.5 Å². The first-order chi connectivity index (χ1) is 11.2. The number of fused-ring (bicyclic) bond motifs is 1. The molecule has 0 unspecified atom stereocenters. The summed E-state index contributed by atoms with van der Waals surface area (Å²) in [6.07, 6.45) is 0. The third kappa shape index (κ3) is 4.40. The van der Waals surface area contributed by atoms with Gasteiger partial charge in [-0.25, -0.2) is 9.78 Å². The first-order valence-electron chi connectivity index (χ1n) is 7.90. The molecule has 1 aliphatic heterocycles. The third-order valence-corrected chi connectivity index (χ3v) is 5.00. The second-order valence-corrected chi connectivity index (χ2v) is 6.75. The van der Waals surface area contributed by atoms with Gasteiger partial charge in [0.25, 0.3) is 0 Å². The molecule has 1 aromatic carbocycles. The van der Waals surface area contributed by atoms with Crippen LogP contribution in [0.4, 0.5) is 4.79 Å². The van der Waals surface area contributed by atoms with Crippen LogP contribution in [-0.2, 0) is 11.3 Å². The molecule has 1 aromatic heterocycles. The van der Waals surface area contributed by atoms with Crippen molar-refractivity contribution < 1.29 is 9.53 Å². The molecule has 2 amide bonds. The number of hydrogen-bond donors (Lipinski definition) is 2. The van der Waals surface area contributed by atoms with E-state index in [0.717, 1.165) is 41.5 Å². The lowest BCUT2D eigenvalue weighted by Gasteiger charge is -2.32. The van der Waals surface area contributed by atoms with Gasteiger partial charge >= 0.3 is 6.03 Å². The lowest BCUT2D eigenvalue weighted by atomic mass is 10.2. The number of hydrogen-bond acceptors (Lipinski definition) is 5. The second-order valence-electron chi connectivity index (χ2n) is 5.64. The molecule has 1 fully saturated rings. The number of carbonyl (C=O) groups excluding carboxylic acids is 1. The topological polar surface area (TPSA) is 66.5 Å². The minimum atomic E-state index is -0.149. The predicted octanol–water partition coefficient (Wildman–Crippen LogP) is 1.82. The molecule has 2 N–H and O–H groups in total. The number of rotatable bonds is 5. The van der Waals surface area contributed by atoms with Crippen molar-refractivity contribution in [2.45, 2.75) is 19.5 Å². The molecule has 1 saturated heterocycles. The van der Waals surface area contributed by atoms with Gasteiger partial charge in [0.2, 0.25) is 0 Å². The molecular formula is C16H22N4O2S. The highest BCUT2D eigenvalue weighted by Crippen LogP contribution is 2.21. The SMILES string of the molecule is C[C@H](CNC(=O)NCc1nc2ccccc2s1)N1CCOCC1. The Kier molecular flexibility index (Phi) is 5.43. The van der Waals surface area contributed by atoms with E-state index in [1.165, 1.54) is 0 Å². The Hall–Kier alpha value is -1.70. The van der Waals surface area contributed by atoms with Gasteiger partial charge in [-0.05, 0) is 19.1 Å². The summed E-state index contributed by atoms with van der Waals surface area (Å²) in [6, 6.07) is 8.16. The molecule has 1 atom stereocenters. The fourth-order valence-electron chi connectivity index (χ4n) is 2.60. The van der Waals surface area contributed by atoms with Gasteiger partial charge in [0.05, 0.1) is 30.0 Å². The van der Waals surface area contributed by atoms with Crippen LogP contribution in [0.1, 0.15) is 11.9 Å². The Balaban J connectivity index is 1.42. The lowest BCUT2D eigenvalue weighted by Crippen LogP contribution is -2.48. The normalized spacial score (nSPS) is 17.1. The van der Waals surface area contributed by atoms with Gasteiger partial charge in [-0.3, -0.25) is 4.90 Å². The van der Waals surface area contributed by atoms with Gasteiger partial charge < -0.3 is 15.4 Å². The summed E-state index contributed by atoms with van der Waals surface area (Å²) < 4.78 is 6.48. The summed E-state index contributed by atoms with van der Waals surface area (Å²) in [5.41, 5.74) is 0.982. The molecule has 0 bridgehead atoms. The van der Waals surface area contributed by atoms with E-state index in [-0.39, 0.29) is 6.03 Å². The summed E-state index contributed by atoms with van der Waals surface area (Å²) in [5.74, 6) is 0. The van der Waals surface area contributed by atoms with Crippen LogP contribution in [0.5, 0.6) is 0 Å². The molecule has 6 nitrogen and oxygen atoms in total. The van der Waals surface area contributed by atoms with Gasteiger partial charge in [-0.2, -0.15) is 0 Å². The van der Waals surface area contributed by atoms with Crippen LogP contribution in [0.2, 0.25) is 0 Å². The molecule has 3 rings (SSSR count). The maximum atomic E-state index is 11.9. The van der Waals surface area contributed by atoms with Crippen molar-refractivity contribution in [2.24, 2.45) is 0 Å². The zero-order valence-corrected chi connectivity index (χ0v) is 14.1. The van der Waals surface area contributed by atoms with E-state index in [2.05, 4.69) is 27.4 Å². The monoisotopic (exact) mass is 334 g/mol. The van der Waals surface area contributed by atoms with E-state index in [0.29, 0.717) is 19.1 Å². The molecule has 0 radical (unpaired) electrons. The zero-order valence-electron chi connectivity index (χ0n) is 13.2. The van der Waals surface area contributed by atoms with Gasteiger partial charge in [0.1, 0.15) is 5.01 Å². The molecule has 2 heterocycles. The molecule has 0 spiro atoms. The average molecular weight is 334 g/mol. The van der Waals surface area contributed by atoms with Gasteiger partial charge in [0.15, 0.2) is 0 Å². The lowest BCUT2D eigenvalue weighted by molar-refractivity contribution is 0.0209. The van der Waals surface area contributed by atoms with Crippen molar-refractivity contribution in [3.63, 3.8) is 0 Å². The number of carbonyl (C=O) groups is 1. The number of morpholine rings is 1. The molecular weight excluding hydrogens is 312 g/mol. The summed E-state index contributed by atoms with van der Waals surface area (Å²) in [7, 11) is 0. The summed E-state index contributed by atoms with van der Waals surface area (Å²) in [6.45, 7) is 6.61. The van der Waals surface area contributed by atoms with Crippen LogP contribution in [0.25, 0.3) is 10.2 Å². The highest BCUT2D eigenvalue weighted by Gasteiger charge is 2.17. The predicted molar refractivity (Wildman–Crippen MR) is 91.7 cm³/mol. The number of amides is 2. The molecule has 0 aliphatic carbocycles. The van der Waals surface area contributed by atoms with Crippen LogP contribution >= 0.6 is 11.3 Å². The highest BCUT2D eigenvalue weighted by atomic mass is 32.1. The Morgan fingerprint density at radius 1 is 1.35 bits per heavy atom. The molecule has 2 aromatic rings. The molecule has 23 heavy (non-hydrogen) atoms. The Morgan fingerprint density at radius 3 is 2.91 bits per heavy atom. The van der Waals surface area contributed by atoms with Crippen molar-refractivity contribution in [3.8, 4) is 0 Å². The van der Waals surface area contributed by atoms with Gasteiger partial charge in [0, 0.05) is 25.7 Å². The summed E-state index contributed by atoms with van der Waals surface area (Å²) >= 11 is 1.61. The summed E-state index contributed by atoms with van der Waals surface area (Å²) in [4.78, 5) is 18.8. The maximum Gasteiger partial charge on any atom is 0.315 e. The van der Waals surface area contributed by atoms with Crippen LogP contribution in [0.15, 0.2) is 24.3 Å². The van der Waals surface area contributed by atoms with Crippen LogP contribution in [0, 0.1) is 0 Å². The number of aromatic nitrogens is 1. The van der Waals surface area contributed by atoms with Crippen LogP contribution in [0.3, 0.4) is 0 Å². The largest absolute Gasteiger partial charge is 0.379 e. The first kappa shape index (κ1) is 16.2. The fourth-order valence-corrected chi connectivity index (χ4v) is 3.51. The average Bonchev–Trinajstić information content (AvgIpc) is 3.01. The van der Waals surface area contributed by atoms with Crippen molar-refractivity contribution in [1.29, 1.82) is 0 Å². The molecule has 0 saturated carbocycles. The van der Waals surface area contributed by atoms with Gasteiger partial charge in [-0.15, -0.1) is 11.3 Å². The standard InChI is InChI=1S/C16H22N4O2S/c1-12(20-6-8-22-9-7-20)10-17-16(21)18-11-15-19-13-4-2-3-5-14(13)23-15/h2-5,12H,6-11H2,1H3,(H2,17,18,21)/t12-/m1/s1. The first-order valence-corrected chi connectivity index (χ1v) is 8.72. The quantitative estimate of drug-likeness (QED) is 0.875. The van der Waals surface area contributed by atoms with E-state index in [1.54, 1.807) is 11.3 Å². The Morgan fingerprint density at radius 2 is 2.13 bits per heavy atom. The van der Waals surface area contributed by atoms with Gasteiger partial charge in [-0.1, -0.05) is 12.1 Å². The molecule has 124 valence electrons. The highest BCUT2D eigenvalue weighted by molar-refractivity contribution is 7.18. The van der Waals surface area contributed by atoms with E-state index in [4.69, 9.17) is 4.74 Å². The maximum absolute atomic E-state index is 11.9. The number of nitrogens with zero attached hydrogens (tertiary/aromatic N) is 2. The van der Waals surface area contributed by atoms with Crippen molar-refractivity contribution >= 4 is 27.6 Å². The number of ether oxygens (including phenoxy) is 1. The second kappa shape index (κ2) is 7.72. The zero-order chi connectivity index (χ0) is 16.1. The number of thiazole rings is 1. The molecule has 1 aliphatic rings. The van der Waals surface area contributed by atoms with Crippen LogP contribution < -0.4 is 10.6 Å². The Labute approximate surface area is 139 Å².